The van der Waals surface area contributed by atoms with Gasteiger partial charge in [-0.15, -0.1) is 0 Å². The van der Waals surface area contributed by atoms with E-state index >= 15 is 0 Å². The quantitative estimate of drug-likeness (QED) is 0.589. The van der Waals surface area contributed by atoms with Gasteiger partial charge in [-0.3, -0.25) is 9.78 Å². The number of fused-ring (bicyclic) bond motifs is 1. The molecule has 2 aromatic carbocycles. The molecule has 3 N–H and O–H groups in total. The smallest absolute Gasteiger partial charge is 0.250 e. The van der Waals surface area contributed by atoms with Crippen molar-refractivity contribution in [2.24, 2.45) is 5.73 Å². The summed E-state index contributed by atoms with van der Waals surface area (Å²) in [5, 5.41) is 0.936. The Morgan fingerprint density at radius 1 is 1.04 bits per heavy atom. The zero-order chi connectivity index (χ0) is 17.4. The van der Waals surface area contributed by atoms with Gasteiger partial charge >= 0.3 is 0 Å². The molecule has 1 amide bonds. The fourth-order valence-corrected chi connectivity index (χ4v) is 3.06. The van der Waals surface area contributed by atoms with E-state index in [0.717, 1.165) is 33.4 Å². The molecule has 0 radical (unpaired) electrons. The first kappa shape index (κ1) is 15.1. The van der Waals surface area contributed by atoms with E-state index in [1.54, 1.807) is 12.3 Å². The SMILES string of the molecule is Cc1ccc(-c2cc3c(-c4ccccn4)ccc(C(N)=O)c3[nH]2)cc1. The van der Waals surface area contributed by atoms with Crippen molar-refractivity contribution in [3.63, 3.8) is 0 Å². The van der Waals surface area contributed by atoms with Crippen LogP contribution in [-0.4, -0.2) is 15.9 Å². The molecule has 0 aliphatic carbocycles. The minimum absolute atomic E-state index is 0.449. The van der Waals surface area contributed by atoms with Crippen molar-refractivity contribution < 1.29 is 4.79 Å². The third kappa shape index (κ3) is 2.68. The minimum Gasteiger partial charge on any atom is -0.366 e. The molecule has 0 bridgehead atoms. The van der Waals surface area contributed by atoms with E-state index < -0.39 is 5.91 Å². The number of primary amides is 1. The van der Waals surface area contributed by atoms with E-state index in [4.69, 9.17) is 5.73 Å². The number of nitrogens with zero attached hydrogens (tertiary/aromatic N) is 1. The monoisotopic (exact) mass is 327 g/mol. The van der Waals surface area contributed by atoms with Gasteiger partial charge in [0.05, 0.1) is 16.8 Å². The van der Waals surface area contributed by atoms with Crippen LogP contribution in [0.3, 0.4) is 0 Å². The summed E-state index contributed by atoms with van der Waals surface area (Å²) in [5.41, 5.74) is 11.8. The van der Waals surface area contributed by atoms with E-state index in [1.165, 1.54) is 5.56 Å². The van der Waals surface area contributed by atoms with Crippen LogP contribution in [0, 0.1) is 6.92 Å². The Morgan fingerprint density at radius 2 is 1.84 bits per heavy atom. The Balaban J connectivity index is 1.98. The summed E-state index contributed by atoms with van der Waals surface area (Å²) in [7, 11) is 0. The van der Waals surface area contributed by atoms with Crippen LogP contribution in [0.1, 0.15) is 15.9 Å². The van der Waals surface area contributed by atoms with Gasteiger partial charge in [-0.1, -0.05) is 42.0 Å². The maximum atomic E-state index is 11.8. The molecule has 4 nitrogen and oxygen atoms in total. The maximum Gasteiger partial charge on any atom is 0.250 e. The highest BCUT2D eigenvalue weighted by atomic mass is 16.1. The summed E-state index contributed by atoms with van der Waals surface area (Å²) in [5.74, 6) is -0.449. The number of H-pyrrole nitrogens is 1. The Labute approximate surface area is 145 Å². The van der Waals surface area contributed by atoms with Crippen molar-refractivity contribution in [3.8, 4) is 22.5 Å². The largest absolute Gasteiger partial charge is 0.366 e. The molecule has 4 aromatic rings. The number of rotatable bonds is 3. The summed E-state index contributed by atoms with van der Waals surface area (Å²) in [4.78, 5) is 19.6. The molecule has 2 heterocycles. The Hall–Kier alpha value is -3.40. The number of aromatic amines is 1. The van der Waals surface area contributed by atoms with Crippen LogP contribution in [0.5, 0.6) is 0 Å². The zero-order valence-corrected chi connectivity index (χ0v) is 13.8. The average molecular weight is 327 g/mol. The second kappa shape index (κ2) is 5.91. The number of nitrogens with one attached hydrogen (secondary N) is 1. The molecule has 0 atom stereocenters. The first-order chi connectivity index (χ1) is 12.1. The predicted molar refractivity (Wildman–Crippen MR) is 100 cm³/mol. The lowest BCUT2D eigenvalue weighted by Gasteiger charge is -2.05. The highest BCUT2D eigenvalue weighted by Gasteiger charge is 2.15. The summed E-state index contributed by atoms with van der Waals surface area (Å²) in [6, 6.07) is 19.7. The number of aryl methyl sites for hydroxylation is 1. The molecule has 0 saturated carbocycles. The Kier molecular flexibility index (Phi) is 3.58. The second-order valence-electron chi connectivity index (χ2n) is 6.08. The normalized spacial score (nSPS) is 10.9. The number of benzene rings is 2. The van der Waals surface area contributed by atoms with Gasteiger partial charge in [0.2, 0.25) is 0 Å². The van der Waals surface area contributed by atoms with Crippen LogP contribution in [0.2, 0.25) is 0 Å². The first-order valence-electron chi connectivity index (χ1n) is 8.07. The summed E-state index contributed by atoms with van der Waals surface area (Å²) >= 11 is 0. The molecule has 2 aromatic heterocycles. The number of hydrogen-bond donors (Lipinski definition) is 2. The van der Waals surface area contributed by atoms with E-state index in [1.807, 2.05) is 24.3 Å². The third-order valence-corrected chi connectivity index (χ3v) is 4.36. The van der Waals surface area contributed by atoms with E-state index in [0.29, 0.717) is 5.56 Å². The highest BCUT2D eigenvalue weighted by molar-refractivity contribution is 6.10. The molecule has 0 saturated heterocycles. The zero-order valence-electron chi connectivity index (χ0n) is 13.8. The van der Waals surface area contributed by atoms with Gasteiger partial charge in [0.15, 0.2) is 0 Å². The standard InChI is InChI=1S/C21H17N3O/c1-13-5-7-14(8-6-13)19-12-17-15(18-4-2-3-11-23-18)9-10-16(21(22)25)20(17)24-19/h2-12,24H,1H3,(H2,22,25). The number of aromatic nitrogens is 2. The molecular weight excluding hydrogens is 310 g/mol. The lowest BCUT2D eigenvalue weighted by Crippen LogP contribution is -2.11. The molecule has 4 heteroatoms. The van der Waals surface area contributed by atoms with E-state index in [9.17, 15) is 4.79 Å². The highest BCUT2D eigenvalue weighted by Crippen LogP contribution is 2.33. The van der Waals surface area contributed by atoms with Gasteiger partial charge in [-0.25, -0.2) is 0 Å². The van der Waals surface area contributed by atoms with Gasteiger partial charge < -0.3 is 10.7 Å². The van der Waals surface area contributed by atoms with Crippen molar-refractivity contribution in [3.05, 3.63) is 78.0 Å². The molecule has 25 heavy (non-hydrogen) atoms. The molecular formula is C21H17N3O. The van der Waals surface area contributed by atoms with E-state index in [2.05, 4.69) is 47.2 Å². The van der Waals surface area contributed by atoms with Crippen molar-refractivity contribution in [1.82, 2.24) is 9.97 Å². The summed E-state index contributed by atoms with van der Waals surface area (Å²) in [6.45, 7) is 2.05. The van der Waals surface area contributed by atoms with Gasteiger partial charge in [0, 0.05) is 22.8 Å². The second-order valence-corrected chi connectivity index (χ2v) is 6.08. The topological polar surface area (TPSA) is 71.8 Å². The van der Waals surface area contributed by atoms with Crippen LogP contribution in [-0.2, 0) is 0 Å². The summed E-state index contributed by atoms with van der Waals surface area (Å²) in [6.07, 6.45) is 1.76. The van der Waals surface area contributed by atoms with Crippen LogP contribution in [0.4, 0.5) is 0 Å². The molecule has 0 aliphatic rings. The third-order valence-electron chi connectivity index (χ3n) is 4.36. The lowest BCUT2D eigenvalue weighted by molar-refractivity contribution is 0.100. The van der Waals surface area contributed by atoms with E-state index in [-0.39, 0.29) is 0 Å². The molecule has 0 unspecified atom stereocenters. The van der Waals surface area contributed by atoms with Crippen LogP contribution >= 0.6 is 0 Å². The number of carbonyl (C=O) groups is 1. The molecule has 0 spiro atoms. The molecule has 0 aliphatic heterocycles. The van der Waals surface area contributed by atoms with Crippen molar-refractivity contribution in [2.45, 2.75) is 6.92 Å². The van der Waals surface area contributed by atoms with Gasteiger partial charge in [0.25, 0.3) is 5.91 Å². The Bertz CT molecular complexity index is 1060. The molecule has 4 rings (SSSR count). The maximum absolute atomic E-state index is 11.8. The predicted octanol–water partition coefficient (Wildman–Crippen LogP) is 4.30. The number of pyridine rings is 1. The number of hydrogen-bond acceptors (Lipinski definition) is 2. The fraction of sp³-hybridized carbons (Fsp3) is 0.0476. The van der Waals surface area contributed by atoms with Gasteiger partial charge in [0.1, 0.15) is 0 Å². The summed E-state index contributed by atoms with van der Waals surface area (Å²) < 4.78 is 0. The average Bonchev–Trinajstić information content (AvgIpc) is 3.07. The molecule has 122 valence electrons. The van der Waals surface area contributed by atoms with Gasteiger partial charge in [-0.05, 0) is 36.8 Å². The minimum atomic E-state index is -0.449. The van der Waals surface area contributed by atoms with Crippen LogP contribution in [0.25, 0.3) is 33.4 Å². The van der Waals surface area contributed by atoms with Crippen molar-refractivity contribution >= 4 is 16.8 Å². The van der Waals surface area contributed by atoms with Crippen molar-refractivity contribution in [1.29, 1.82) is 0 Å². The molecule has 0 fully saturated rings. The van der Waals surface area contributed by atoms with Crippen molar-refractivity contribution in [2.75, 3.05) is 0 Å². The fourth-order valence-electron chi connectivity index (χ4n) is 3.06. The van der Waals surface area contributed by atoms with Gasteiger partial charge in [-0.2, -0.15) is 0 Å². The Morgan fingerprint density at radius 3 is 2.52 bits per heavy atom. The number of amides is 1. The van der Waals surface area contributed by atoms with Crippen LogP contribution < -0.4 is 5.73 Å². The number of carbonyl (C=O) groups excluding carboxylic acids is 1. The van der Waals surface area contributed by atoms with Crippen LogP contribution in [0.15, 0.2) is 66.9 Å². The first-order valence-corrected chi connectivity index (χ1v) is 8.07. The lowest BCUT2D eigenvalue weighted by atomic mass is 10.0. The number of nitrogens with two attached hydrogens (primary N) is 1.